The number of carbonyl (C=O) groups excluding carboxylic acids is 1. The van der Waals surface area contributed by atoms with Gasteiger partial charge in [0.25, 0.3) is 0 Å². The van der Waals surface area contributed by atoms with Gasteiger partial charge >= 0.3 is 0 Å². The van der Waals surface area contributed by atoms with Gasteiger partial charge in [0.05, 0.1) is 16.6 Å². The number of nitrogens with zero attached hydrogens (tertiary/aromatic N) is 2. The van der Waals surface area contributed by atoms with Crippen molar-refractivity contribution in [3.8, 4) is 11.4 Å². The minimum absolute atomic E-state index is 0.0376. The molecule has 0 atom stereocenters. The van der Waals surface area contributed by atoms with E-state index in [1.54, 1.807) is 6.20 Å². The summed E-state index contributed by atoms with van der Waals surface area (Å²) in [5, 5.41) is 0.960. The number of fused-ring (bicyclic) bond motifs is 2. The highest BCUT2D eigenvalue weighted by Gasteiger charge is 2.11. The summed E-state index contributed by atoms with van der Waals surface area (Å²) in [6.07, 6.45) is 1.64. The fourth-order valence-electron chi connectivity index (χ4n) is 3.23. The Morgan fingerprint density at radius 3 is 2.33 bits per heavy atom. The Morgan fingerprint density at radius 2 is 1.52 bits per heavy atom. The van der Waals surface area contributed by atoms with Gasteiger partial charge in [0.15, 0.2) is 5.78 Å². The maximum Gasteiger partial charge on any atom is 0.194 e. The van der Waals surface area contributed by atoms with Gasteiger partial charge < -0.3 is 4.98 Å². The number of hydrogen-bond acceptors (Lipinski definition) is 3. The van der Waals surface area contributed by atoms with E-state index in [9.17, 15) is 4.79 Å². The van der Waals surface area contributed by atoms with Gasteiger partial charge in [0, 0.05) is 28.3 Å². The molecule has 5 rings (SSSR count). The quantitative estimate of drug-likeness (QED) is 0.466. The van der Waals surface area contributed by atoms with E-state index in [1.807, 2.05) is 78.9 Å². The third-order valence-corrected chi connectivity index (χ3v) is 4.66. The molecule has 0 aliphatic carbocycles. The first kappa shape index (κ1) is 15.5. The second-order valence-electron chi connectivity index (χ2n) is 6.43. The van der Waals surface area contributed by atoms with Crippen LogP contribution in [-0.4, -0.2) is 20.7 Å². The second-order valence-corrected chi connectivity index (χ2v) is 6.43. The Kier molecular flexibility index (Phi) is 3.54. The van der Waals surface area contributed by atoms with E-state index >= 15 is 0 Å². The summed E-state index contributed by atoms with van der Waals surface area (Å²) in [4.78, 5) is 25.1. The zero-order chi connectivity index (χ0) is 18.2. The van der Waals surface area contributed by atoms with Crippen LogP contribution in [0.5, 0.6) is 0 Å². The van der Waals surface area contributed by atoms with Gasteiger partial charge in [-0.15, -0.1) is 0 Å². The molecule has 0 aliphatic heterocycles. The number of imidazole rings is 1. The molecule has 0 saturated carbocycles. The number of H-pyrrole nitrogens is 1. The Balaban J connectivity index is 1.47. The van der Waals surface area contributed by atoms with Crippen LogP contribution in [-0.2, 0) is 0 Å². The van der Waals surface area contributed by atoms with Crippen LogP contribution >= 0.6 is 0 Å². The normalized spacial score (nSPS) is 11.1. The van der Waals surface area contributed by atoms with E-state index in [-0.39, 0.29) is 5.78 Å². The van der Waals surface area contributed by atoms with Gasteiger partial charge in [0.2, 0.25) is 0 Å². The molecule has 0 unspecified atom stereocenters. The lowest BCUT2D eigenvalue weighted by Gasteiger charge is -2.04. The molecule has 0 bridgehead atoms. The molecule has 128 valence electrons. The van der Waals surface area contributed by atoms with Gasteiger partial charge in [-0.2, -0.15) is 0 Å². The highest BCUT2D eigenvalue weighted by atomic mass is 16.1. The third kappa shape index (κ3) is 2.77. The van der Waals surface area contributed by atoms with Gasteiger partial charge in [-0.05, 0) is 24.3 Å². The van der Waals surface area contributed by atoms with E-state index in [1.165, 1.54) is 0 Å². The topological polar surface area (TPSA) is 58.6 Å². The van der Waals surface area contributed by atoms with E-state index in [0.29, 0.717) is 11.1 Å². The number of rotatable bonds is 3. The lowest BCUT2D eigenvalue weighted by Crippen LogP contribution is -2.02. The summed E-state index contributed by atoms with van der Waals surface area (Å²) in [6, 6.07) is 25.1. The number of para-hydroxylation sites is 3. The molecule has 2 heterocycles. The molecule has 5 aromatic rings. The lowest BCUT2D eigenvalue weighted by molar-refractivity contribution is 0.103. The number of carbonyl (C=O) groups is 1. The zero-order valence-corrected chi connectivity index (χ0v) is 14.4. The Labute approximate surface area is 155 Å². The second kappa shape index (κ2) is 6.18. The number of benzene rings is 3. The summed E-state index contributed by atoms with van der Waals surface area (Å²) in [7, 11) is 0. The standard InChI is InChI=1S/C23H15N3O/c27-22(18-13-17-5-1-2-6-19(17)24-14-18)15-9-11-16(12-10-15)23-25-20-7-3-4-8-21(20)26-23/h1-14H,(H,25,26). The highest BCUT2D eigenvalue weighted by Crippen LogP contribution is 2.22. The number of pyridine rings is 1. The summed E-state index contributed by atoms with van der Waals surface area (Å²) >= 11 is 0. The van der Waals surface area contributed by atoms with Crippen molar-refractivity contribution in [2.45, 2.75) is 0 Å². The van der Waals surface area contributed by atoms with Crippen LogP contribution in [0.4, 0.5) is 0 Å². The molecule has 0 amide bonds. The van der Waals surface area contributed by atoms with Crippen LogP contribution in [0.15, 0.2) is 85.1 Å². The van der Waals surface area contributed by atoms with Crippen molar-refractivity contribution in [2.24, 2.45) is 0 Å². The Morgan fingerprint density at radius 1 is 0.778 bits per heavy atom. The SMILES string of the molecule is O=C(c1ccc(-c2nc3ccccc3[nH]2)cc1)c1cnc2ccccc2c1. The van der Waals surface area contributed by atoms with Crippen LogP contribution in [0.3, 0.4) is 0 Å². The summed E-state index contributed by atoms with van der Waals surface area (Å²) in [5.41, 5.74) is 4.97. The summed E-state index contributed by atoms with van der Waals surface area (Å²) < 4.78 is 0. The highest BCUT2D eigenvalue weighted by molar-refractivity contribution is 6.10. The van der Waals surface area contributed by atoms with Crippen molar-refractivity contribution in [1.82, 2.24) is 15.0 Å². The minimum atomic E-state index is -0.0376. The molecule has 3 aromatic carbocycles. The molecule has 0 radical (unpaired) electrons. The van der Waals surface area contributed by atoms with Crippen LogP contribution in [0.25, 0.3) is 33.3 Å². The molecular weight excluding hydrogens is 334 g/mol. The minimum Gasteiger partial charge on any atom is -0.338 e. The van der Waals surface area contributed by atoms with Crippen LogP contribution in [0.1, 0.15) is 15.9 Å². The lowest BCUT2D eigenvalue weighted by atomic mass is 10.0. The zero-order valence-electron chi connectivity index (χ0n) is 14.4. The average Bonchev–Trinajstić information content (AvgIpc) is 3.17. The van der Waals surface area contributed by atoms with Gasteiger partial charge in [-0.1, -0.05) is 54.6 Å². The van der Waals surface area contributed by atoms with Crippen LogP contribution in [0, 0.1) is 0 Å². The molecular formula is C23H15N3O. The molecule has 4 heteroatoms. The first-order valence-electron chi connectivity index (χ1n) is 8.73. The van der Waals surface area contributed by atoms with Gasteiger partial charge in [0.1, 0.15) is 5.82 Å². The predicted octanol–water partition coefficient (Wildman–Crippen LogP) is 5.01. The number of aromatic amines is 1. The molecule has 2 aromatic heterocycles. The average molecular weight is 349 g/mol. The van der Waals surface area contributed by atoms with E-state index in [2.05, 4.69) is 15.0 Å². The summed E-state index contributed by atoms with van der Waals surface area (Å²) in [6.45, 7) is 0. The molecule has 0 spiro atoms. The number of aromatic nitrogens is 3. The smallest absolute Gasteiger partial charge is 0.194 e. The first-order chi connectivity index (χ1) is 13.3. The molecule has 0 fully saturated rings. The van der Waals surface area contributed by atoms with Gasteiger partial charge in [-0.25, -0.2) is 4.98 Å². The maximum absolute atomic E-state index is 12.8. The van der Waals surface area contributed by atoms with E-state index in [0.717, 1.165) is 33.3 Å². The Hall–Kier alpha value is -3.79. The molecule has 0 saturated heterocycles. The molecule has 0 aliphatic rings. The number of hydrogen-bond donors (Lipinski definition) is 1. The van der Waals surface area contributed by atoms with Crippen molar-refractivity contribution in [3.05, 3.63) is 96.2 Å². The molecule has 4 nitrogen and oxygen atoms in total. The predicted molar refractivity (Wildman–Crippen MR) is 107 cm³/mol. The maximum atomic E-state index is 12.8. The van der Waals surface area contributed by atoms with Crippen molar-refractivity contribution in [2.75, 3.05) is 0 Å². The largest absolute Gasteiger partial charge is 0.338 e. The van der Waals surface area contributed by atoms with Crippen LogP contribution < -0.4 is 0 Å². The van der Waals surface area contributed by atoms with E-state index in [4.69, 9.17) is 0 Å². The van der Waals surface area contributed by atoms with Crippen molar-refractivity contribution in [3.63, 3.8) is 0 Å². The first-order valence-corrected chi connectivity index (χ1v) is 8.73. The van der Waals surface area contributed by atoms with Crippen LogP contribution in [0.2, 0.25) is 0 Å². The van der Waals surface area contributed by atoms with Gasteiger partial charge in [-0.3, -0.25) is 9.78 Å². The van der Waals surface area contributed by atoms with Crippen molar-refractivity contribution >= 4 is 27.7 Å². The number of nitrogens with one attached hydrogen (secondary N) is 1. The fraction of sp³-hybridized carbons (Fsp3) is 0. The fourth-order valence-corrected chi connectivity index (χ4v) is 3.23. The Bertz CT molecular complexity index is 1250. The van der Waals surface area contributed by atoms with Crippen molar-refractivity contribution < 1.29 is 4.79 Å². The van der Waals surface area contributed by atoms with Crippen molar-refractivity contribution in [1.29, 1.82) is 0 Å². The monoisotopic (exact) mass is 349 g/mol. The molecule has 27 heavy (non-hydrogen) atoms. The number of ketones is 1. The van der Waals surface area contributed by atoms with E-state index < -0.39 is 0 Å². The summed E-state index contributed by atoms with van der Waals surface area (Å²) in [5.74, 6) is 0.756. The molecule has 1 N–H and O–H groups in total. The third-order valence-electron chi connectivity index (χ3n) is 4.66.